The van der Waals surface area contributed by atoms with E-state index >= 15 is 0 Å². The highest BCUT2D eigenvalue weighted by molar-refractivity contribution is 5.49. The van der Waals surface area contributed by atoms with Gasteiger partial charge in [0.05, 0.1) is 24.1 Å². The molecule has 3 heterocycles. The zero-order valence-electron chi connectivity index (χ0n) is 13.0. The Morgan fingerprint density at radius 3 is 2.78 bits per heavy atom. The molecule has 118 valence electrons. The third-order valence-electron chi connectivity index (χ3n) is 3.50. The van der Waals surface area contributed by atoms with Crippen molar-refractivity contribution < 1.29 is 0 Å². The highest BCUT2D eigenvalue weighted by atomic mass is 15.3. The lowest BCUT2D eigenvalue weighted by Crippen LogP contribution is -2.13. The Kier molecular flexibility index (Phi) is 4.58. The van der Waals surface area contributed by atoms with Crippen LogP contribution >= 0.6 is 0 Å². The van der Waals surface area contributed by atoms with Gasteiger partial charge in [-0.25, -0.2) is 15.8 Å². The van der Waals surface area contributed by atoms with E-state index in [0.29, 0.717) is 12.4 Å². The van der Waals surface area contributed by atoms with Crippen LogP contribution in [0.1, 0.15) is 24.7 Å². The van der Waals surface area contributed by atoms with E-state index in [4.69, 9.17) is 5.84 Å². The second-order valence-corrected chi connectivity index (χ2v) is 5.14. The van der Waals surface area contributed by atoms with Crippen molar-refractivity contribution in [3.8, 4) is 11.5 Å². The molecule has 0 aliphatic heterocycles. The van der Waals surface area contributed by atoms with Crippen LogP contribution in [0.15, 0.2) is 43.0 Å². The fraction of sp³-hybridized carbons (Fsp3) is 0.250. The second kappa shape index (κ2) is 6.97. The smallest absolute Gasteiger partial charge is 0.158 e. The van der Waals surface area contributed by atoms with Gasteiger partial charge < -0.3 is 9.99 Å². The summed E-state index contributed by atoms with van der Waals surface area (Å²) in [6, 6.07) is 5.78. The molecule has 23 heavy (non-hydrogen) atoms. The number of hydrogen-bond donors (Lipinski definition) is 2. The summed E-state index contributed by atoms with van der Waals surface area (Å²) in [5.41, 5.74) is 5.25. The Labute approximate surface area is 134 Å². The van der Waals surface area contributed by atoms with Gasteiger partial charge in [0.15, 0.2) is 11.6 Å². The molecule has 0 aliphatic rings. The number of pyridine rings is 1. The Balaban J connectivity index is 1.93. The minimum Gasteiger partial charge on any atom is -0.324 e. The van der Waals surface area contributed by atoms with Crippen molar-refractivity contribution in [3.05, 3.63) is 54.4 Å². The van der Waals surface area contributed by atoms with Gasteiger partial charge >= 0.3 is 0 Å². The number of nitrogens with zero attached hydrogens (tertiary/aromatic N) is 5. The number of nitrogens with two attached hydrogens (primary N) is 1. The van der Waals surface area contributed by atoms with Crippen LogP contribution in [0.5, 0.6) is 0 Å². The molecule has 0 saturated heterocycles. The van der Waals surface area contributed by atoms with Gasteiger partial charge in [0, 0.05) is 18.6 Å². The summed E-state index contributed by atoms with van der Waals surface area (Å²) in [5, 5.41) is 0. The summed E-state index contributed by atoms with van der Waals surface area (Å²) >= 11 is 0. The number of nitrogen functional groups attached to an aromatic ring is 1. The molecule has 7 nitrogen and oxygen atoms in total. The molecule has 0 saturated carbocycles. The third kappa shape index (κ3) is 3.35. The second-order valence-electron chi connectivity index (χ2n) is 5.14. The minimum absolute atomic E-state index is 0.577. The molecule has 0 atom stereocenters. The van der Waals surface area contributed by atoms with Crippen molar-refractivity contribution in [2.45, 2.75) is 26.3 Å². The van der Waals surface area contributed by atoms with Crippen molar-refractivity contribution in [1.82, 2.24) is 24.5 Å². The lowest BCUT2D eigenvalue weighted by Gasteiger charge is -2.11. The molecular weight excluding hydrogens is 290 g/mol. The van der Waals surface area contributed by atoms with Crippen LogP contribution < -0.4 is 11.3 Å². The van der Waals surface area contributed by atoms with E-state index in [0.717, 1.165) is 35.7 Å². The van der Waals surface area contributed by atoms with Crippen LogP contribution in [0.4, 0.5) is 5.82 Å². The van der Waals surface area contributed by atoms with Crippen LogP contribution in [-0.4, -0.2) is 24.5 Å². The summed E-state index contributed by atoms with van der Waals surface area (Å²) < 4.78 is 2.03. The first kappa shape index (κ1) is 15.1. The number of anilines is 1. The number of nitrogens with one attached hydrogen (secondary N) is 1. The van der Waals surface area contributed by atoms with E-state index in [1.54, 1.807) is 18.6 Å². The first-order valence-electron chi connectivity index (χ1n) is 7.55. The summed E-state index contributed by atoms with van der Waals surface area (Å²) in [5.74, 6) is 6.82. The molecule has 0 aliphatic carbocycles. The lowest BCUT2D eigenvalue weighted by atomic mass is 10.2. The van der Waals surface area contributed by atoms with E-state index in [2.05, 4.69) is 32.3 Å². The van der Waals surface area contributed by atoms with Gasteiger partial charge in [0.2, 0.25) is 0 Å². The quantitative estimate of drug-likeness (QED) is 0.534. The number of aryl methyl sites for hydroxylation is 1. The highest BCUT2D eigenvalue weighted by Crippen LogP contribution is 2.17. The average Bonchev–Trinajstić information content (AvgIpc) is 3.05. The third-order valence-corrected chi connectivity index (χ3v) is 3.50. The molecule has 7 heteroatoms. The Hall–Kier alpha value is -2.80. The first-order chi connectivity index (χ1) is 11.3. The van der Waals surface area contributed by atoms with Crippen LogP contribution in [0.25, 0.3) is 11.5 Å². The zero-order chi connectivity index (χ0) is 16.1. The molecule has 3 aromatic rings. The summed E-state index contributed by atoms with van der Waals surface area (Å²) in [7, 11) is 0. The number of rotatable bonds is 6. The van der Waals surface area contributed by atoms with Crippen LogP contribution in [-0.2, 0) is 13.0 Å². The Morgan fingerprint density at radius 2 is 2.04 bits per heavy atom. The molecule has 0 fully saturated rings. The molecule has 0 amide bonds. The fourth-order valence-corrected chi connectivity index (χ4v) is 2.42. The maximum Gasteiger partial charge on any atom is 0.158 e. The van der Waals surface area contributed by atoms with Gasteiger partial charge in [0.1, 0.15) is 5.69 Å². The SMILES string of the molecule is CCCc1nc(NN)cnc1Cn1ccnc1-c1ccccn1. The summed E-state index contributed by atoms with van der Waals surface area (Å²) in [6.07, 6.45) is 8.95. The molecule has 3 N–H and O–H groups in total. The molecule has 0 aromatic carbocycles. The number of aromatic nitrogens is 5. The van der Waals surface area contributed by atoms with Crippen molar-refractivity contribution in [1.29, 1.82) is 0 Å². The largest absolute Gasteiger partial charge is 0.324 e. The fourth-order valence-electron chi connectivity index (χ4n) is 2.42. The van der Waals surface area contributed by atoms with Crippen molar-refractivity contribution in [2.24, 2.45) is 5.84 Å². The van der Waals surface area contributed by atoms with E-state index < -0.39 is 0 Å². The predicted octanol–water partition coefficient (Wildman–Crippen LogP) is 2.02. The Bertz CT molecular complexity index is 767. The molecule has 0 bridgehead atoms. The molecule has 3 aromatic heterocycles. The van der Waals surface area contributed by atoms with Crippen molar-refractivity contribution in [2.75, 3.05) is 5.43 Å². The van der Waals surface area contributed by atoms with Crippen LogP contribution in [0, 0.1) is 0 Å². The lowest BCUT2D eigenvalue weighted by molar-refractivity contribution is 0.740. The van der Waals surface area contributed by atoms with Gasteiger partial charge in [-0.3, -0.25) is 9.97 Å². The van der Waals surface area contributed by atoms with E-state index in [1.165, 1.54) is 0 Å². The molecule has 0 unspecified atom stereocenters. The predicted molar refractivity (Wildman–Crippen MR) is 88.4 cm³/mol. The molecular formula is C16H19N7. The van der Waals surface area contributed by atoms with Gasteiger partial charge in [-0.15, -0.1) is 0 Å². The standard InChI is InChI=1S/C16H19N7/c1-2-5-12-14(20-10-15(21-12)22-17)11-23-9-8-19-16(23)13-6-3-4-7-18-13/h3-4,6-10H,2,5,11,17H2,1H3,(H,21,22). The van der Waals surface area contributed by atoms with Gasteiger partial charge in [-0.05, 0) is 18.6 Å². The van der Waals surface area contributed by atoms with Gasteiger partial charge in [-0.2, -0.15) is 0 Å². The van der Waals surface area contributed by atoms with Gasteiger partial charge in [-0.1, -0.05) is 19.4 Å². The monoisotopic (exact) mass is 309 g/mol. The summed E-state index contributed by atoms with van der Waals surface area (Å²) in [6.45, 7) is 2.71. The van der Waals surface area contributed by atoms with Gasteiger partial charge in [0.25, 0.3) is 0 Å². The minimum atomic E-state index is 0.577. The number of hydrogen-bond acceptors (Lipinski definition) is 6. The number of imidazole rings is 1. The van der Waals surface area contributed by atoms with E-state index in [9.17, 15) is 0 Å². The molecule has 3 rings (SSSR count). The van der Waals surface area contributed by atoms with E-state index in [-0.39, 0.29) is 0 Å². The summed E-state index contributed by atoms with van der Waals surface area (Å²) in [4.78, 5) is 17.8. The van der Waals surface area contributed by atoms with Crippen LogP contribution in [0.3, 0.4) is 0 Å². The topological polar surface area (TPSA) is 94.5 Å². The molecule has 0 spiro atoms. The van der Waals surface area contributed by atoms with Crippen molar-refractivity contribution in [3.63, 3.8) is 0 Å². The first-order valence-corrected chi connectivity index (χ1v) is 7.55. The van der Waals surface area contributed by atoms with Crippen LogP contribution in [0.2, 0.25) is 0 Å². The van der Waals surface area contributed by atoms with Crippen molar-refractivity contribution >= 4 is 5.82 Å². The maximum absolute atomic E-state index is 5.43. The number of hydrazine groups is 1. The highest BCUT2D eigenvalue weighted by Gasteiger charge is 2.12. The zero-order valence-corrected chi connectivity index (χ0v) is 13.0. The van der Waals surface area contributed by atoms with E-state index in [1.807, 2.05) is 29.0 Å². The normalized spacial score (nSPS) is 10.7. The molecule has 0 radical (unpaired) electrons. The Morgan fingerprint density at radius 1 is 1.13 bits per heavy atom. The average molecular weight is 309 g/mol. The maximum atomic E-state index is 5.43.